The maximum Gasteiger partial charge on any atom is 0.118 e. The van der Waals surface area contributed by atoms with Gasteiger partial charge in [0.15, 0.2) is 0 Å². The van der Waals surface area contributed by atoms with E-state index in [-0.39, 0.29) is 5.41 Å². The van der Waals surface area contributed by atoms with Crippen LogP contribution in [0.25, 0.3) is 22.3 Å². The van der Waals surface area contributed by atoms with Gasteiger partial charge in [-0.15, -0.1) is 0 Å². The van der Waals surface area contributed by atoms with Crippen molar-refractivity contribution in [2.45, 2.75) is 33.1 Å². The van der Waals surface area contributed by atoms with E-state index in [0.29, 0.717) is 0 Å². The summed E-state index contributed by atoms with van der Waals surface area (Å²) in [5.41, 5.74) is 10.7. The summed E-state index contributed by atoms with van der Waals surface area (Å²) in [6.07, 6.45) is 0. The standard InChI is InChI=1S/C24H23BrO/c1-14-10-19-20-11-15(2)23(25)13-22(20)24(3,4)21(19)12-18(14)16-6-8-17(26-5)9-7-16/h6-13H,1-5H3. The highest BCUT2D eigenvalue weighted by Gasteiger charge is 2.36. The predicted octanol–water partition coefficient (Wildman–Crippen LogP) is 7.05. The highest BCUT2D eigenvalue weighted by Crippen LogP contribution is 2.51. The average Bonchev–Trinajstić information content (AvgIpc) is 2.82. The van der Waals surface area contributed by atoms with Gasteiger partial charge in [0.1, 0.15) is 5.75 Å². The SMILES string of the molecule is COc1ccc(-c2cc3c(cc2C)-c2cc(C)c(Br)cc2C3(C)C)cc1. The molecule has 0 amide bonds. The van der Waals surface area contributed by atoms with Crippen LogP contribution in [0.3, 0.4) is 0 Å². The molecule has 0 heterocycles. The Bertz CT molecular complexity index is 1010. The molecule has 0 fully saturated rings. The molecule has 1 nitrogen and oxygen atoms in total. The van der Waals surface area contributed by atoms with E-state index in [1.165, 1.54) is 49.0 Å². The van der Waals surface area contributed by atoms with E-state index in [1.54, 1.807) is 7.11 Å². The van der Waals surface area contributed by atoms with E-state index in [9.17, 15) is 0 Å². The second-order valence-electron chi connectivity index (χ2n) is 7.71. The van der Waals surface area contributed by atoms with Crippen molar-refractivity contribution in [1.82, 2.24) is 0 Å². The van der Waals surface area contributed by atoms with Gasteiger partial charge < -0.3 is 4.74 Å². The molecule has 0 aromatic heterocycles. The van der Waals surface area contributed by atoms with Crippen molar-refractivity contribution >= 4 is 15.9 Å². The highest BCUT2D eigenvalue weighted by atomic mass is 79.9. The number of hydrogen-bond acceptors (Lipinski definition) is 1. The Labute approximate surface area is 164 Å². The Morgan fingerprint density at radius 3 is 1.96 bits per heavy atom. The van der Waals surface area contributed by atoms with Crippen LogP contribution in [-0.4, -0.2) is 7.11 Å². The molecule has 0 bridgehead atoms. The molecular formula is C24H23BrO. The monoisotopic (exact) mass is 406 g/mol. The molecular weight excluding hydrogens is 384 g/mol. The van der Waals surface area contributed by atoms with Crippen molar-refractivity contribution in [3.63, 3.8) is 0 Å². The summed E-state index contributed by atoms with van der Waals surface area (Å²) in [7, 11) is 1.70. The lowest BCUT2D eigenvalue weighted by Crippen LogP contribution is -2.15. The molecule has 0 aliphatic heterocycles. The van der Waals surface area contributed by atoms with Crippen LogP contribution in [0, 0.1) is 13.8 Å². The number of rotatable bonds is 2. The van der Waals surface area contributed by atoms with Gasteiger partial charge in [-0.2, -0.15) is 0 Å². The lowest BCUT2D eigenvalue weighted by Gasteiger charge is -2.23. The van der Waals surface area contributed by atoms with Crippen molar-refractivity contribution in [1.29, 1.82) is 0 Å². The van der Waals surface area contributed by atoms with E-state index >= 15 is 0 Å². The van der Waals surface area contributed by atoms with Gasteiger partial charge in [-0.25, -0.2) is 0 Å². The van der Waals surface area contributed by atoms with Crippen LogP contribution in [0.5, 0.6) is 5.75 Å². The Morgan fingerprint density at radius 2 is 1.35 bits per heavy atom. The Kier molecular flexibility index (Phi) is 4.00. The maximum absolute atomic E-state index is 5.30. The Hall–Kier alpha value is -2.06. The van der Waals surface area contributed by atoms with Crippen molar-refractivity contribution in [2.24, 2.45) is 0 Å². The summed E-state index contributed by atoms with van der Waals surface area (Å²) in [6, 6.07) is 17.7. The molecule has 0 spiro atoms. The normalized spacial score (nSPS) is 14.1. The van der Waals surface area contributed by atoms with Gasteiger partial charge in [0, 0.05) is 9.89 Å². The molecule has 3 aromatic rings. The van der Waals surface area contributed by atoms with E-state index in [1.807, 2.05) is 12.1 Å². The van der Waals surface area contributed by atoms with Crippen molar-refractivity contribution in [3.8, 4) is 28.0 Å². The van der Waals surface area contributed by atoms with Gasteiger partial charge >= 0.3 is 0 Å². The van der Waals surface area contributed by atoms with Crippen LogP contribution < -0.4 is 4.74 Å². The van der Waals surface area contributed by atoms with Gasteiger partial charge in [0.25, 0.3) is 0 Å². The summed E-state index contributed by atoms with van der Waals surface area (Å²) in [5.74, 6) is 0.889. The van der Waals surface area contributed by atoms with Gasteiger partial charge in [0.05, 0.1) is 7.11 Å². The van der Waals surface area contributed by atoms with E-state index in [0.717, 1.165) is 5.75 Å². The Balaban J connectivity index is 1.92. The molecule has 0 N–H and O–H groups in total. The van der Waals surface area contributed by atoms with Crippen LogP contribution in [0.15, 0.2) is 53.0 Å². The zero-order chi connectivity index (χ0) is 18.6. The zero-order valence-electron chi connectivity index (χ0n) is 15.9. The zero-order valence-corrected chi connectivity index (χ0v) is 17.5. The first-order valence-corrected chi connectivity index (χ1v) is 9.73. The third-order valence-corrected chi connectivity index (χ3v) is 6.56. The first kappa shape index (κ1) is 17.4. The molecule has 1 aliphatic rings. The van der Waals surface area contributed by atoms with Crippen molar-refractivity contribution in [2.75, 3.05) is 7.11 Å². The largest absolute Gasteiger partial charge is 0.497 e. The van der Waals surface area contributed by atoms with Crippen LogP contribution in [-0.2, 0) is 5.41 Å². The second-order valence-corrected chi connectivity index (χ2v) is 8.57. The summed E-state index contributed by atoms with van der Waals surface area (Å²) in [6.45, 7) is 9.02. The summed E-state index contributed by atoms with van der Waals surface area (Å²) in [4.78, 5) is 0. The molecule has 2 heteroatoms. The lowest BCUT2D eigenvalue weighted by molar-refractivity contribution is 0.415. The molecule has 0 saturated heterocycles. The number of benzene rings is 3. The van der Waals surface area contributed by atoms with Gasteiger partial charge in [-0.1, -0.05) is 48.0 Å². The number of ether oxygens (including phenoxy) is 1. The third-order valence-electron chi connectivity index (χ3n) is 5.70. The molecule has 132 valence electrons. The molecule has 26 heavy (non-hydrogen) atoms. The minimum Gasteiger partial charge on any atom is -0.497 e. The first-order valence-electron chi connectivity index (χ1n) is 8.93. The fraction of sp³-hybridized carbons (Fsp3) is 0.250. The van der Waals surface area contributed by atoms with Crippen molar-refractivity contribution in [3.05, 3.63) is 75.3 Å². The smallest absolute Gasteiger partial charge is 0.118 e. The quantitative estimate of drug-likeness (QED) is 0.442. The second kappa shape index (κ2) is 5.99. The number of aryl methyl sites for hydroxylation is 2. The fourth-order valence-corrected chi connectivity index (χ4v) is 4.44. The highest BCUT2D eigenvalue weighted by molar-refractivity contribution is 9.10. The predicted molar refractivity (Wildman–Crippen MR) is 113 cm³/mol. The summed E-state index contributed by atoms with van der Waals surface area (Å²) in [5, 5.41) is 0. The molecule has 1 aliphatic carbocycles. The first-order chi connectivity index (χ1) is 12.3. The van der Waals surface area contributed by atoms with E-state index < -0.39 is 0 Å². The number of halogens is 1. The van der Waals surface area contributed by atoms with E-state index in [2.05, 4.69) is 80.0 Å². The Morgan fingerprint density at radius 1 is 0.769 bits per heavy atom. The molecule has 0 radical (unpaired) electrons. The summed E-state index contributed by atoms with van der Waals surface area (Å²) < 4.78 is 6.49. The fourth-order valence-electron chi connectivity index (χ4n) is 4.10. The molecule has 3 aromatic carbocycles. The van der Waals surface area contributed by atoms with Crippen LogP contribution in [0.2, 0.25) is 0 Å². The third kappa shape index (κ3) is 2.51. The van der Waals surface area contributed by atoms with Crippen LogP contribution in [0.4, 0.5) is 0 Å². The minimum atomic E-state index is -0.00416. The average molecular weight is 407 g/mol. The summed E-state index contributed by atoms with van der Waals surface area (Å²) >= 11 is 3.71. The lowest BCUT2D eigenvalue weighted by atomic mass is 9.81. The van der Waals surface area contributed by atoms with Crippen molar-refractivity contribution < 1.29 is 4.74 Å². The van der Waals surface area contributed by atoms with E-state index in [4.69, 9.17) is 4.74 Å². The maximum atomic E-state index is 5.30. The van der Waals surface area contributed by atoms with Gasteiger partial charge in [-0.3, -0.25) is 0 Å². The van der Waals surface area contributed by atoms with Crippen LogP contribution in [0.1, 0.15) is 36.1 Å². The molecule has 0 saturated carbocycles. The molecule has 4 rings (SSSR count). The topological polar surface area (TPSA) is 9.23 Å². The van der Waals surface area contributed by atoms with Crippen LogP contribution >= 0.6 is 15.9 Å². The van der Waals surface area contributed by atoms with Gasteiger partial charge in [-0.05, 0) is 88.7 Å². The number of methoxy groups -OCH3 is 1. The number of hydrogen-bond donors (Lipinski definition) is 0. The molecule has 0 unspecified atom stereocenters. The molecule has 0 atom stereocenters. The minimum absolute atomic E-state index is 0.00416. The van der Waals surface area contributed by atoms with Gasteiger partial charge in [0.2, 0.25) is 0 Å². The number of fused-ring (bicyclic) bond motifs is 3.